The van der Waals surface area contributed by atoms with Crippen LogP contribution in [0.2, 0.25) is 5.02 Å². The van der Waals surface area contributed by atoms with Gasteiger partial charge >= 0.3 is 0 Å². The van der Waals surface area contributed by atoms with Crippen LogP contribution < -0.4 is 10.5 Å². The third-order valence-electron chi connectivity index (χ3n) is 2.23. The fraction of sp³-hybridized carbons (Fsp3) is 0.0909. The van der Waals surface area contributed by atoms with Gasteiger partial charge in [-0.05, 0) is 18.2 Å². The van der Waals surface area contributed by atoms with Gasteiger partial charge in [-0.2, -0.15) is 0 Å². The van der Waals surface area contributed by atoms with Crippen molar-refractivity contribution in [3.05, 3.63) is 35.4 Å². The van der Waals surface area contributed by atoms with E-state index in [1.54, 1.807) is 6.07 Å². The summed E-state index contributed by atoms with van der Waals surface area (Å²) in [5, 5.41) is 0.0155. The molecule has 0 amide bonds. The van der Waals surface area contributed by atoms with E-state index in [0.717, 1.165) is 0 Å². The molecule has 0 radical (unpaired) electrons. The lowest BCUT2D eigenvalue weighted by Crippen LogP contribution is -1.99. The molecule has 1 heterocycles. The van der Waals surface area contributed by atoms with Crippen LogP contribution in [0.4, 0.5) is 10.2 Å². The van der Waals surface area contributed by atoms with Crippen molar-refractivity contribution in [2.45, 2.75) is 0 Å². The molecule has 0 saturated heterocycles. The smallest absolute Gasteiger partial charge is 0.187 e. The lowest BCUT2D eigenvalue weighted by molar-refractivity contribution is 0.415. The summed E-state index contributed by atoms with van der Waals surface area (Å²) < 4.78 is 18.2. The predicted molar refractivity (Wildman–Crippen MR) is 63.4 cm³/mol. The first kappa shape index (κ1) is 11.6. The molecule has 4 nitrogen and oxygen atoms in total. The number of benzene rings is 1. The number of nitrogen functional groups attached to an aromatic ring is 1. The van der Waals surface area contributed by atoms with Crippen LogP contribution >= 0.6 is 11.6 Å². The number of hydrogen-bond donors (Lipinski definition) is 1. The summed E-state index contributed by atoms with van der Waals surface area (Å²) in [5.41, 5.74) is 6.74. The quantitative estimate of drug-likeness (QED) is 0.893. The molecule has 0 fully saturated rings. The summed E-state index contributed by atoms with van der Waals surface area (Å²) in [6.07, 6.45) is 1.31. The van der Waals surface area contributed by atoms with Crippen LogP contribution in [0.25, 0.3) is 11.3 Å². The van der Waals surface area contributed by atoms with Crippen LogP contribution in [0, 0.1) is 5.82 Å². The minimum absolute atomic E-state index is 0.0155. The van der Waals surface area contributed by atoms with Crippen molar-refractivity contribution in [3.8, 4) is 17.0 Å². The van der Waals surface area contributed by atoms with E-state index in [-0.39, 0.29) is 10.8 Å². The summed E-state index contributed by atoms with van der Waals surface area (Å²) in [6.45, 7) is 0. The van der Waals surface area contributed by atoms with Gasteiger partial charge in [-0.25, -0.2) is 14.4 Å². The molecule has 88 valence electrons. The van der Waals surface area contributed by atoms with Crippen LogP contribution in [0.15, 0.2) is 24.5 Å². The molecule has 0 aliphatic heterocycles. The Kier molecular flexibility index (Phi) is 3.10. The van der Waals surface area contributed by atoms with E-state index in [4.69, 9.17) is 22.1 Å². The highest BCUT2D eigenvalue weighted by Gasteiger charge is 2.13. The molecule has 1 aromatic carbocycles. The summed E-state index contributed by atoms with van der Waals surface area (Å²) in [7, 11) is 1.46. The zero-order chi connectivity index (χ0) is 12.4. The van der Waals surface area contributed by atoms with E-state index in [2.05, 4.69) is 9.97 Å². The number of aromatic nitrogens is 2. The SMILES string of the molecule is COc1c(N)ncnc1-c1ccc(F)c(Cl)c1. The summed E-state index contributed by atoms with van der Waals surface area (Å²) in [5.74, 6) is 0.0736. The average Bonchev–Trinajstić information content (AvgIpc) is 2.32. The number of nitrogens with two attached hydrogens (primary N) is 1. The van der Waals surface area contributed by atoms with Crippen LogP contribution in [-0.2, 0) is 0 Å². The zero-order valence-electron chi connectivity index (χ0n) is 8.95. The second-order valence-corrected chi connectivity index (χ2v) is 3.68. The summed E-state index contributed by atoms with van der Waals surface area (Å²) in [6, 6.07) is 4.27. The van der Waals surface area contributed by atoms with Gasteiger partial charge in [-0.1, -0.05) is 11.6 Å². The van der Waals surface area contributed by atoms with Crippen LogP contribution in [-0.4, -0.2) is 17.1 Å². The number of anilines is 1. The summed E-state index contributed by atoms with van der Waals surface area (Å²) in [4.78, 5) is 7.86. The standard InChI is InChI=1S/C11H9ClFN3O/c1-17-10-9(15-5-16-11(10)14)6-2-3-8(13)7(12)4-6/h2-5H,1H3,(H2,14,15,16). The number of nitrogens with zero attached hydrogens (tertiary/aromatic N) is 2. The third kappa shape index (κ3) is 2.14. The average molecular weight is 254 g/mol. The van der Waals surface area contributed by atoms with E-state index in [0.29, 0.717) is 17.0 Å². The molecule has 6 heteroatoms. The fourth-order valence-corrected chi connectivity index (χ4v) is 1.62. The Morgan fingerprint density at radius 1 is 1.35 bits per heavy atom. The van der Waals surface area contributed by atoms with E-state index in [1.807, 2.05) is 0 Å². The Labute approximate surface area is 102 Å². The lowest BCUT2D eigenvalue weighted by atomic mass is 10.1. The van der Waals surface area contributed by atoms with Gasteiger partial charge in [-0.15, -0.1) is 0 Å². The van der Waals surface area contributed by atoms with Crippen LogP contribution in [0.5, 0.6) is 5.75 Å². The molecule has 17 heavy (non-hydrogen) atoms. The van der Waals surface area contributed by atoms with E-state index in [9.17, 15) is 4.39 Å². The third-order valence-corrected chi connectivity index (χ3v) is 2.52. The van der Waals surface area contributed by atoms with Gasteiger partial charge in [0.05, 0.1) is 12.1 Å². The van der Waals surface area contributed by atoms with Crippen molar-refractivity contribution in [2.24, 2.45) is 0 Å². The van der Waals surface area contributed by atoms with Gasteiger partial charge in [-0.3, -0.25) is 0 Å². The first-order valence-electron chi connectivity index (χ1n) is 4.73. The second-order valence-electron chi connectivity index (χ2n) is 3.27. The summed E-state index contributed by atoms with van der Waals surface area (Å²) >= 11 is 5.71. The highest BCUT2D eigenvalue weighted by molar-refractivity contribution is 6.31. The largest absolute Gasteiger partial charge is 0.491 e. The van der Waals surface area contributed by atoms with Crippen molar-refractivity contribution in [1.29, 1.82) is 0 Å². The Bertz CT molecular complexity index is 562. The van der Waals surface area contributed by atoms with Crippen molar-refractivity contribution in [2.75, 3.05) is 12.8 Å². The van der Waals surface area contributed by atoms with Gasteiger partial charge in [0.1, 0.15) is 17.8 Å². The number of ether oxygens (including phenoxy) is 1. The van der Waals surface area contributed by atoms with Gasteiger partial charge in [0.15, 0.2) is 11.6 Å². The van der Waals surface area contributed by atoms with Crippen molar-refractivity contribution < 1.29 is 9.13 Å². The minimum atomic E-state index is -0.489. The predicted octanol–water partition coefficient (Wildman–Crippen LogP) is 2.53. The van der Waals surface area contributed by atoms with Crippen LogP contribution in [0.3, 0.4) is 0 Å². The molecular weight excluding hydrogens is 245 g/mol. The number of hydrogen-bond acceptors (Lipinski definition) is 4. The number of rotatable bonds is 2. The molecule has 0 aliphatic carbocycles. The Morgan fingerprint density at radius 3 is 2.76 bits per heavy atom. The molecular formula is C11H9ClFN3O. The maximum atomic E-state index is 13.1. The number of halogens is 2. The molecule has 2 rings (SSSR count). The maximum absolute atomic E-state index is 13.1. The molecule has 0 unspecified atom stereocenters. The van der Waals surface area contributed by atoms with E-state index in [1.165, 1.54) is 25.6 Å². The molecule has 0 aliphatic rings. The number of methoxy groups -OCH3 is 1. The highest BCUT2D eigenvalue weighted by Crippen LogP contribution is 2.32. The maximum Gasteiger partial charge on any atom is 0.187 e. The molecule has 0 spiro atoms. The monoisotopic (exact) mass is 253 g/mol. The Balaban J connectivity index is 2.60. The van der Waals surface area contributed by atoms with E-state index >= 15 is 0 Å². The topological polar surface area (TPSA) is 61.0 Å². The first-order chi connectivity index (χ1) is 8.13. The lowest BCUT2D eigenvalue weighted by Gasteiger charge is -2.09. The van der Waals surface area contributed by atoms with Gasteiger partial charge < -0.3 is 10.5 Å². The molecule has 1 aromatic heterocycles. The normalized spacial score (nSPS) is 10.3. The second kappa shape index (κ2) is 4.55. The molecule has 0 atom stereocenters. The van der Waals surface area contributed by atoms with Gasteiger partial charge in [0.2, 0.25) is 0 Å². The Hall–Kier alpha value is -1.88. The minimum Gasteiger partial charge on any atom is -0.491 e. The Morgan fingerprint density at radius 2 is 2.12 bits per heavy atom. The van der Waals surface area contributed by atoms with Crippen molar-refractivity contribution >= 4 is 17.4 Å². The highest BCUT2D eigenvalue weighted by atomic mass is 35.5. The molecule has 0 bridgehead atoms. The van der Waals surface area contributed by atoms with Crippen LogP contribution in [0.1, 0.15) is 0 Å². The molecule has 2 N–H and O–H groups in total. The fourth-order valence-electron chi connectivity index (χ4n) is 1.44. The van der Waals surface area contributed by atoms with Crippen molar-refractivity contribution in [3.63, 3.8) is 0 Å². The molecule has 0 saturated carbocycles. The molecule has 2 aromatic rings. The first-order valence-corrected chi connectivity index (χ1v) is 5.11. The zero-order valence-corrected chi connectivity index (χ0v) is 9.70. The van der Waals surface area contributed by atoms with Gasteiger partial charge in [0.25, 0.3) is 0 Å². The van der Waals surface area contributed by atoms with Crippen molar-refractivity contribution in [1.82, 2.24) is 9.97 Å². The van der Waals surface area contributed by atoms with Gasteiger partial charge in [0, 0.05) is 5.56 Å². The van der Waals surface area contributed by atoms with E-state index < -0.39 is 5.82 Å².